The molecule has 2 amide bonds. The average molecular weight is 330 g/mol. The Morgan fingerprint density at radius 3 is 2.39 bits per heavy atom. The largest absolute Gasteiger partial charge is 0.497 e. The molecule has 0 aromatic heterocycles. The molecule has 0 aliphatic rings. The molecule has 0 aliphatic carbocycles. The number of para-hydroxylation sites is 1. The van der Waals surface area contributed by atoms with Crippen LogP contribution < -0.4 is 15.4 Å². The molecular formula is C17H18N2O3S. The fourth-order valence-electron chi connectivity index (χ4n) is 1.90. The van der Waals surface area contributed by atoms with Crippen molar-refractivity contribution in [1.29, 1.82) is 0 Å². The highest BCUT2D eigenvalue weighted by Crippen LogP contribution is 2.27. The summed E-state index contributed by atoms with van der Waals surface area (Å²) >= 11 is 1.37. The maximum absolute atomic E-state index is 12.0. The monoisotopic (exact) mass is 330 g/mol. The van der Waals surface area contributed by atoms with Crippen LogP contribution >= 0.6 is 11.8 Å². The molecule has 2 N–H and O–H groups in total. The van der Waals surface area contributed by atoms with Crippen LogP contribution in [0, 0.1) is 0 Å². The fourth-order valence-corrected chi connectivity index (χ4v) is 2.71. The summed E-state index contributed by atoms with van der Waals surface area (Å²) in [4.78, 5) is 24.1. The van der Waals surface area contributed by atoms with E-state index in [1.807, 2.05) is 24.3 Å². The number of methoxy groups -OCH3 is 1. The van der Waals surface area contributed by atoms with E-state index in [1.54, 1.807) is 31.4 Å². The van der Waals surface area contributed by atoms with Gasteiger partial charge < -0.3 is 15.4 Å². The van der Waals surface area contributed by atoms with Crippen LogP contribution in [0.1, 0.15) is 6.92 Å². The van der Waals surface area contributed by atoms with Gasteiger partial charge in [-0.25, -0.2) is 0 Å². The SMILES string of the molecule is COc1ccc(NC(=O)CSc2ccccc2NC(C)=O)cc1. The molecule has 120 valence electrons. The first-order valence-electron chi connectivity index (χ1n) is 7.02. The van der Waals surface area contributed by atoms with Crippen molar-refractivity contribution in [3.63, 3.8) is 0 Å². The van der Waals surface area contributed by atoms with Gasteiger partial charge in [0.15, 0.2) is 0 Å². The number of amides is 2. The summed E-state index contributed by atoms with van der Waals surface area (Å²) < 4.78 is 5.07. The molecule has 0 saturated heterocycles. The van der Waals surface area contributed by atoms with E-state index >= 15 is 0 Å². The molecule has 0 saturated carbocycles. The second-order valence-electron chi connectivity index (χ2n) is 4.74. The molecule has 0 unspecified atom stereocenters. The van der Waals surface area contributed by atoms with E-state index in [1.165, 1.54) is 18.7 Å². The third kappa shape index (κ3) is 5.34. The number of anilines is 2. The van der Waals surface area contributed by atoms with Crippen LogP contribution in [0.5, 0.6) is 5.75 Å². The lowest BCUT2D eigenvalue weighted by Gasteiger charge is -2.10. The maximum atomic E-state index is 12.0. The standard InChI is InChI=1S/C17H18N2O3S/c1-12(20)18-15-5-3-4-6-16(15)23-11-17(21)19-13-7-9-14(22-2)10-8-13/h3-10H,11H2,1-2H3,(H,18,20)(H,19,21). The van der Waals surface area contributed by atoms with E-state index in [0.717, 1.165) is 10.6 Å². The summed E-state index contributed by atoms with van der Waals surface area (Å²) in [6.07, 6.45) is 0. The number of carbonyl (C=O) groups excluding carboxylic acids is 2. The molecule has 5 nitrogen and oxygen atoms in total. The van der Waals surface area contributed by atoms with Gasteiger partial charge in [0.25, 0.3) is 0 Å². The van der Waals surface area contributed by atoms with Gasteiger partial charge in [-0.15, -0.1) is 11.8 Å². The van der Waals surface area contributed by atoms with Crippen LogP contribution in [0.15, 0.2) is 53.4 Å². The lowest BCUT2D eigenvalue weighted by molar-refractivity contribution is -0.114. The molecule has 6 heteroatoms. The Morgan fingerprint density at radius 2 is 1.74 bits per heavy atom. The molecule has 2 aromatic carbocycles. The van der Waals surface area contributed by atoms with Crippen LogP contribution in [-0.2, 0) is 9.59 Å². The molecule has 0 bridgehead atoms. The minimum atomic E-state index is -0.138. The highest BCUT2D eigenvalue weighted by Gasteiger charge is 2.08. The van der Waals surface area contributed by atoms with Crippen LogP contribution in [0.4, 0.5) is 11.4 Å². The molecule has 0 atom stereocenters. The van der Waals surface area contributed by atoms with E-state index in [4.69, 9.17) is 4.74 Å². The predicted octanol–water partition coefficient (Wildman–Crippen LogP) is 3.38. The summed E-state index contributed by atoms with van der Waals surface area (Å²) in [6, 6.07) is 14.5. The van der Waals surface area contributed by atoms with E-state index in [9.17, 15) is 9.59 Å². The first-order valence-corrected chi connectivity index (χ1v) is 8.00. The topological polar surface area (TPSA) is 67.4 Å². The first-order chi connectivity index (χ1) is 11.1. The number of nitrogens with one attached hydrogen (secondary N) is 2. The number of thioether (sulfide) groups is 1. The highest BCUT2D eigenvalue weighted by molar-refractivity contribution is 8.00. The molecule has 0 radical (unpaired) electrons. The van der Waals surface area contributed by atoms with Crippen LogP contribution in [-0.4, -0.2) is 24.7 Å². The lowest BCUT2D eigenvalue weighted by atomic mass is 10.3. The number of benzene rings is 2. The summed E-state index contributed by atoms with van der Waals surface area (Å²) in [5.41, 5.74) is 1.42. The van der Waals surface area contributed by atoms with Gasteiger partial charge in [0.2, 0.25) is 11.8 Å². The minimum Gasteiger partial charge on any atom is -0.497 e. The van der Waals surface area contributed by atoms with Gasteiger partial charge in [0, 0.05) is 17.5 Å². The summed E-state index contributed by atoms with van der Waals surface area (Å²) in [5.74, 6) is 0.739. The van der Waals surface area contributed by atoms with Crippen molar-refractivity contribution in [2.45, 2.75) is 11.8 Å². The second kappa shape index (κ2) is 8.24. The zero-order chi connectivity index (χ0) is 16.7. The Kier molecular flexibility index (Phi) is 6.05. The smallest absolute Gasteiger partial charge is 0.234 e. The van der Waals surface area contributed by atoms with Gasteiger partial charge in [-0.2, -0.15) is 0 Å². The van der Waals surface area contributed by atoms with Crippen molar-refractivity contribution >= 4 is 35.0 Å². The molecule has 0 aliphatic heterocycles. The molecule has 0 heterocycles. The lowest BCUT2D eigenvalue weighted by Crippen LogP contribution is -2.14. The van der Waals surface area contributed by atoms with Crippen molar-refractivity contribution in [3.8, 4) is 5.75 Å². The van der Waals surface area contributed by atoms with E-state index in [0.29, 0.717) is 11.4 Å². The third-order valence-electron chi connectivity index (χ3n) is 2.93. The predicted molar refractivity (Wildman–Crippen MR) is 93.1 cm³/mol. The Labute approximate surface area is 139 Å². The Balaban J connectivity index is 1.92. The molecular weight excluding hydrogens is 312 g/mol. The molecule has 0 spiro atoms. The first kappa shape index (κ1) is 16.9. The van der Waals surface area contributed by atoms with Crippen molar-refractivity contribution in [1.82, 2.24) is 0 Å². The van der Waals surface area contributed by atoms with Crippen molar-refractivity contribution in [3.05, 3.63) is 48.5 Å². The summed E-state index contributed by atoms with van der Waals surface area (Å²) in [7, 11) is 1.59. The number of hydrogen-bond acceptors (Lipinski definition) is 4. The Bertz CT molecular complexity index is 686. The van der Waals surface area contributed by atoms with E-state index < -0.39 is 0 Å². The molecule has 23 heavy (non-hydrogen) atoms. The van der Waals surface area contributed by atoms with Gasteiger partial charge in [-0.3, -0.25) is 9.59 Å². The third-order valence-corrected chi connectivity index (χ3v) is 4.00. The second-order valence-corrected chi connectivity index (χ2v) is 5.76. The van der Waals surface area contributed by atoms with Gasteiger partial charge in [-0.05, 0) is 36.4 Å². The minimum absolute atomic E-state index is 0.113. The van der Waals surface area contributed by atoms with Gasteiger partial charge >= 0.3 is 0 Å². The number of carbonyl (C=O) groups is 2. The molecule has 2 aromatic rings. The van der Waals surface area contributed by atoms with Crippen LogP contribution in [0.25, 0.3) is 0 Å². The average Bonchev–Trinajstić information content (AvgIpc) is 2.54. The quantitative estimate of drug-likeness (QED) is 0.797. The normalized spacial score (nSPS) is 10.0. The summed E-state index contributed by atoms with van der Waals surface area (Å²) in [6.45, 7) is 1.46. The number of rotatable bonds is 6. The van der Waals surface area contributed by atoms with Gasteiger partial charge in [0.1, 0.15) is 5.75 Å². The van der Waals surface area contributed by atoms with E-state index in [2.05, 4.69) is 10.6 Å². The van der Waals surface area contributed by atoms with Crippen molar-refractivity contribution in [2.24, 2.45) is 0 Å². The van der Waals surface area contributed by atoms with Crippen molar-refractivity contribution < 1.29 is 14.3 Å². The molecule has 0 fully saturated rings. The molecule has 2 rings (SSSR count). The Hall–Kier alpha value is -2.47. The van der Waals surface area contributed by atoms with E-state index in [-0.39, 0.29) is 17.6 Å². The van der Waals surface area contributed by atoms with Gasteiger partial charge in [0.05, 0.1) is 18.6 Å². The highest BCUT2D eigenvalue weighted by atomic mass is 32.2. The van der Waals surface area contributed by atoms with Crippen molar-refractivity contribution in [2.75, 3.05) is 23.5 Å². The summed E-state index contributed by atoms with van der Waals surface area (Å²) in [5, 5.41) is 5.58. The zero-order valence-corrected chi connectivity index (χ0v) is 13.8. The zero-order valence-electron chi connectivity index (χ0n) is 13.0. The van der Waals surface area contributed by atoms with Gasteiger partial charge in [-0.1, -0.05) is 12.1 Å². The van der Waals surface area contributed by atoms with Crippen LogP contribution in [0.2, 0.25) is 0 Å². The fraction of sp³-hybridized carbons (Fsp3) is 0.176. The van der Waals surface area contributed by atoms with Crippen LogP contribution in [0.3, 0.4) is 0 Å². The number of ether oxygens (including phenoxy) is 1. The Morgan fingerprint density at radius 1 is 1.04 bits per heavy atom. The number of hydrogen-bond donors (Lipinski definition) is 2. The maximum Gasteiger partial charge on any atom is 0.234 e.